The van der Waals surface area contributed by atoms with E-state index in [1.54, 1.807) is 28.6 Å². The predicted octanol–water partition coefficient (Wildman–Crippen LogP) is 1.86. The predicted molar refractivity (Wildman–Crippen MR) is 98.6 cm³/mol. The number of likely N-dealkylation sites (tertiary alicyclic amines) is 1. The van der Waals surface area contributed by atoms with Gasteiger partial charge in [-0.1, -0.05) is 0 Å². The molecule has 3 rings (SSSR count). The van der Waals surface area contributed by atoms with Gasteiger partial charge < -0.3 is 15.2 Å². The molecule has 1 aliphatic heterocycles. The van der Waals surface area contributed by atoms with E-state index in [9.17, 15) is 14.9 Å². The molecule has 1 aromatic carbocycles. The topological polar surface area (TPSA) is 120 Å². The van der Waals surface area contributed by atoms with Gasteiger partial charge in [0.1, 0.15) is 6.33 Å². The Labute approximate surface area is 160 Å². The van der Waals surface area contributed by atoms with Crippen molar-refractivity contribution in [3.63, 3.8) is 0 Å². The molecule has 26 heavy (non-hydrogen) atoms. The highest BCUT2D eigenvalue weighted by atomic mass is 35.5. The van der Waals surface area contributed by atoms with Crippen molar-refractivity contribution in [2.24, 2.45) is 12.8 Å². The Kier molecular flexibility index (Phi) is 6.57. The molecular weight excluding hydrogens is 380 g/mol. The molecule has 0 bridgehead atoms. The first-order valence-corrected chi connectivity index (χ1v) is 8.62. The number of aromatic nitrogens is 3. The molecule has 140 valence electrons. The quantitative estimate of drug-likeness (QED) is 0.616. The van der Waals surface area contributed by atoms with E-state index in [4.69, 9.17) is 5.73 Å². The molecule has 1 aromatic heterocycles. The van der Waals surface area contributed by atoms with E-state index in [0.717, 1.165) is 24.6 Å². The third-order valence-electron chi connectivity index (χ3n) is 4.02. The van der Waals surface area contributed by atoms with E-state index in [0.29, 0.717) is 28.7 Å². The molecule has 1 atom stereocenters. The highest BCUT2D eigenvalue weighted by Gasteiger charge is 2.25. The number of nitro benzene ring substituents is 1. The molecule has 0 saturated carbocycles. The van der Waals surface area contributed by atoms with Crippen LogP contribution < -0.4 is 5.73 Å². The van der Waals surface area contributed by atoms with Gasteiger partial charge in [0.15, 0.2) is 5.16 Å². The number of benzene rings is 1. The second-order valence-corrected chi connectivity index (χ2v) is 6.93. The van der Waals surface area contributed by atoms with Gasteiger partial charge in [0.25, 0.3) is 11.6 Å². The number of nitrogens with zero attached hydrogens (tertiary/aromatic N) is 5. The lowest BCUT2D eigenvalue weighted by molar-refractivity contribution is -0.387. The number of amides is 1. The molecule has 1 saturated heterocycles. The summed E-state index contributed by atoms with van der Waals surface area (Å²) < 4.78 is 1.67. The van der Waals surface area contributed by atoms with Gasteiger partial charge in [0.05, 0.1) is 9.82 Å². The fourth-order valence-corrected chi connectivity index (χ4v) is 3.57. The lowest BCUT2D eigenvalue weighted by Gasteiger charge is -2.30. The molecule has 1 unspecified atom stereocenters. The van der Waals surface area contributed by atoms with Crippen molar-refractivity contribution >= 4 is 35.8 Å². The Balaban J connectivity index is 0.00000243. The summed E-state index contributed by atoms with van der Waals surface area (Å²) in [5.41, 5.74) is 6.08. The first-order valence-electron chi connectivity index (χ1n) is 7.81. The number of nitro groups is 1. The molecular formula is C15H19ClN6O3S. The van der Waals surface area contributed by atoms with E-state index in [2.05, 4.69) is 10.2 Å². The number of halogens is 1. The first-order chi connectivity index (χ1) is 12.0. The summed E-state index contributed by atoms with van der Waals surface area (Å²) >= 11 is 1.14. The summed E-state index contributed by atoms with van der Waals surface area (Å²) in [6.07, 6.45) is 3.25. The molecule has 2 heterocycles. The zero-order chi connectivity index (χ0) is 18.0. The highest BCUT2D eigenvalue weighted by Crippen LogP contribution is 2.34. The molecule has 2 N–H and O–H groups in total. The van der Waals surface area contributed by atoms with Gasteiger partial charge in [-0.15, -0.1) is 22.6 Å². The zero-order valence-electron chi connectivity index (χ0n) is 14.1. The van der Waals surface area contributed by atoms with Crippen molar-refractivity contribution in [2.75, 3.05) is 13.1 Å². The summed E-state index contributed by atoms with van der Waals surface area (Å²) in [4.78, 5) is 25.6. The lowest BCUT2D eigenvalue weighted by atomic mass is 10.1. The monoisotopic (exact) mass is 398 g/mol. The molecule has 1 aliphatic rings. The fraction of sp³-hybridized carbons (Fsp3) is 0.400. The summed E-state index contributed by atoms with van der Waals surface area (Å²) in [5, 5.41) is 19.6. The van der Waals surface area contributed by atoms with Gasteiger partial charge in [-0.3, -0.25) is 14.9 Å². The van der Waals surface area contributed by atoms with Crippen LogP contribution in [-0.4, -0.2) is 49.6 Å². The van der Waals surface area contributed by atoms with Crippen LogP contribution in [0.15, 0.2) is 34.6 Å². The Morgan fingerprint density at radius 3 is 2.85 bits per heavy atom. The smallest absolute Gasteiger partial charge is 0.284 e. The minimum absolute atomic E-state index is 0. The number of piperidine rings is 1. The SMILES string of the molecule is Cl.Cn1cnnc1Sc1ccc(C(=O)N2CCCC(N)C2)cc1[N+](=O)[O-]. The van der Waals surface area contributed by atoms with Crippen LogP contribution >= 0.6 is 24.2 Å². The third-order valence-corrected chi connectivity index (χ3v) is 5.14. The van der Waals surface area contributed by atoms with Crippen LogP contribution in [0.25, 0.3) is 0 Å². The van der Waals surface area contributed by atoms with Crippen LogP contribution in [0.4, 0.5) is 5.69 Å². The minimum Gasteiger partial charge on any atom is -0.337 e. The number of aryl methyl sites for hydroxylation is 1. The second kappa shape index (κ2) is 8.47. The first kappa shape index (κ1) is 20.1. The van der Waals surface area contributed by atoms with Crippen LogP contribution in [0.5, 0.6) is 0 Å². The van der Waals surface area contributed by atoms with Gasteiger partial charge in [-0.05, 0) is 36.7 Å². The summed E-state index contributed by atoms with van der Waals surface area (Å²) in [5.74, 6) is -0.228. The molecule has 0 radical (unpaired) electrons. The highest BCUT2D eigenvalue weighted by molar-refractivity contribution is 7.99. The molecule has 2 aromatic rings. The van der Waals surface area contributed by atoms with Crippen molar-refractivity contribution < 1.29 is 9.72 Å². The van der Waals surface area contributed by atoms with Crippen molar-refractivity contribution in [1.82, 2.24) is 19.7 Å². The number of nitrogens with two attached hydrogens (primary N) is 1. The molecule has 11 heteroatoms. The summed E-state index contributed by atoms with van der Waals surface area (Å²) in [6.45, 7) is 1.10. The number of rotatable bonds is 4. The van der Waals surface area contributed by atoms with E-state index >= 15 is 0 Å². The minimum atomic E-state index is -0.489. The van der Waals surface area contributed by atoms with E-state index < -0.39 is 4.92 Å². The largest absolute Gasteiger partial charge is 0.337 e. The average Bonchev–Trinajstić information content (AvgIpc) is 2.99. The average molecular weight is 399 g/mol. The second-order valence-electron chi connectivity index (χ2n) is 5.92. The number of carbonyl (C=O) groups is 1. The van der Waals surface area contributed by atoms with E-state index in [1.165, 1.54) is 12.4 Å². The number of carbonyl (C=O) groups excluding carboxylic acids is 1. The van der Waals surface area contributed by atoms with Crippen LogP contribution in [0, 0.1) is 10.1 Å². The standard InChI is InChI=1S/C15H18N6O3S.ClH/c1-19-9-17-18-15(19)25-13-5-4-10(7-12(13)21(23)24)14(22)20-6-2-3-11(16)8-20;/h4-5,7,9,11H,2-3,6,8,16H2,1H3;1H. The molecule has 1 fully saturated rings. The van der Waals surface area contributed by atoms with E-state index in [-0.39, 0.29) is 30.0 Å². The lowest BCUT2D eigenvalue weighted by Crippen LogP contribution is -2.45. The summed E-state index contributed by atoms with van der Waals surface area (Å²) in [7, 11) is 1.76. The Bertz CT molecular complexity index is 814. The van der Waals surface area contributed by atoms with Crippen molar-refractivity contribution in [3.05, 3.63) is 40.2 Å². The Morgan fingerprint density at radius 2 is 2.23 bits per heavy atom. The number of hydrogen-bond donors (Lipinski definition) is 1. The maximum absolute atomic E-state index is 12.6. The summed E-state index contributed by atoms with van der Waals surface area (Å²) in [6, 6.07) is 4.46. The third kappa shape index (κ3) is 4.32. The van der Waals surface area contributed by atoms with Crippen LogP contribution in [0.3, 0.4) is 0 Å². The van der Waals surface area contributed by atoms with Gasteiger partial charge in [0, 0.05) is 37.8 Å². The van der Waals surface area contributed by atoms with Crippen molar-refractivity contribution in [1.29, 1.82) is 0 Å². The zero-order valence-corrected chi connectivity index (χ0v) is 15.7. The molecule has 1 amide bonds. The van der Waals surface area contributed by atoms with Crippen LogP contribution in [0.1, 0.15) is 23.2 Å². The van der Waals surface area contributed by atoms with Crippen molar-refractivity contribution in [2.45, 2.75) is 28.9 Å². The molecule has 0 spiro atoms. The van der Waals surface area contributed by atoms with Gasteiger partial charge in [-0.25, -0.2) is 0 Å². The van der Waals surface area contributed by atoms with Gasteiger partial charge >= 0.3 is 0 Å². The fourth-order valence-electron chi connectivity index (χ4n) is 2.72. The molecule has 0 aliphatic carbocycles. The van der Waals surface area contributed by atoms with Crippen molar-refractivity contribution in [3.8, 4) is 0 Å². The Hall–Kier alpha value is -2.17. The van der Waals surface area contributed by atoms with Crippen LogP contribution in [-0.2, 0) is 7.05 Å². The maximum Gasteiger partial charge on any atom is 0.284 e. The normalized spacial score (nSPS) is 16.8. The maximum atomic E-state index is 12.6. The van der Waals surface area contributed by atoms with E-state index in [1.807, 2.05) is 0 Å². The van der Waals surface area contributed by atoms with Gasteiger partial charge in [-0.2, -0.15) is 0 Å². The number of hydrogen-bond acceptors (Lipinski definition) is 7. The molecule has 9 nitrogen and oxygen atoms in total. The Morgan fingerprint density at radius 1 is 1.46 bits per heavy atom. The van der Waals surface area contributed by atoms with Gasteiger partial charge in [0.2, 0.25) is 0 Å². The van der Waals surface area contributed by atoms with Crippen LogP contribution in [0.2, 0.25) is 0 Å².